The number of nitrogens with zero attached hydrogens (tertiary/aromatic N) is 1. The highest BCUT2D eigenvalue weighted by molar-refractivity contribution is 7.12. The van der Waals surface area contributed by atoms with Crippen molar-refractivity contribution in [1.29, 1.82) is 0 Å². The Morgan fingerprint density at radius 1 is 1.23 bits per heavy atom. The van der Waals surface area contributed by atoms with Gasteiger partial charge in [-0.1, -0.05) is 6.07 Å². The third kappa shape index (κ3) is 3.50. The topological polar surface area (TPSA) is 61.4 Å². The van der Waals surface area contributed by atoms with Gasteiger partial charge in [0.1, 0.15) is 6.04 Å². The van der Waals surface area contributed by atoms with Gasteiger partial charge < -0.3 is 15.5 Å². The van der Waals surface area contributed by atoms with E-state index in [4.69, 9.17) is 0 Å². The number of rotatable bonds is 3. The van der Waals surface area contributed by atoms with Crippen LogP contribution in [0.3, 0.4) is 0 Å². The average molecular weight is 321 g/mol. The van der Waals surface area contributed by atoms with Crippen molar-refractivity contribution < 1.29 is 9.59 Å². The monoisotopic (exact) mass is 321 g/mol. The normalized spacial score (nSPS) is 23.3. The van der Waals surface area contributed by atoms with Gasteiger partial charge in [0, 0.05) is 12.6 Å². The maximum atomic E-state index is 12.6. The van der Waals surface area contributed by atoms with E-state index in [9.17, 15) is 9.59 Å². The van der Waals surface area contributed by atoms with Crippen LogP contribution in [-0.4, -0.2) is 48.4 Å². The van der Waals surface area contributed by atoms with E-state index in [1.807, 2.05) is 17.5 Å². The molecular formula is C16H23N3O2S. The molecule has 3 heterocycles. The maximum Gasteiger partial charge on any atom is 0.264 e. The van der Waals surface area contributed by atoms with E-state index in [-0.39, 0.29) is 23.9 Å². The lowest BCUT2D eigenvalue weighted by atomic mass is 9.99. The maximum absolute atomic E-state index is 12.6. The molecule has 2 aliphatic heterocycles. The summed E-state index contributed by atoms with van der Waals surface area (Å²) in [6.45, 7) is 2.59. The van der Waals surface area contributed by atoms with E-state index in [0.29, 0.717) is 6.54 Å². The second-order valence-corrected chi connectivity index (χ2v) is 6.97. The summed E-state index contributed by atoms with van der Waals surface area (Å²) in [5.41, 5.74) is 0. The molecule has 0 aromatic carbocycles. The molecule has 120 valence electrons. The predicted octanol–water partition coefficient (Wildman–Crippen LogP) is 1.61. The van der Waals surface area contributed by atoms with Crippen LogP contribution in [0, 0.1) is 0 Å². The highest BCUT2D eigenvalue weighted by Gasteiger charge is 2.33. The summed E-state index contributed by atoms with van der Waals surface area (Å²) < 4.78 is 0. The number of carbonyl (C=O) groups excluding carboxylic acids is 2. The second kappa shape index (κ2) is 7.24. The highest BCUT2D eigenvalue weighted by atomic mass is 32.1. The lowest BCUT2D eigenvalue weighted by Crippen LogP contribution is -2.54. The van der Waals surface area contributed by atoms with E-state index < -0.39 is 0 Å². The minimum absolute atomic E-state index is 0.000149. The Morgan fingerprint density at radius 2 is 2.05 bits per heavy atom. The zero-order valence-corrected chi connectivity index (χ0v) is 13.5. The molecule has 22 heavy (non-hydrogen) atoms. The molecule has 0 aliphatic carbocycles. The smallest absolute Gasteiger partial charge is 0.264 e. The first-order valence-electron chi connectivity index (χ1n) is 8.11. The molecule has 5 nitrogen and oxygen atoms in total. The quantitative estimate of drug-likeness (QED) is 0.889. The summed E-state index contributed by atoms with van der Waals surface area (Å²) in [6, 6.07) is 3.66. The van der Waals surface area contributed by atoms with Gasteiger partial charge in [-0.05, 0) is 56.6 Å². The van der Waals surface area contributed by atoms with E-state index in [1.54, 1.807) is 4.90 Å². The number of likely N-dealkylation sites (tertiary alicyclic amines) is 1. The number of hydrogen-bond donors (Lipinski definition) is 2. The Kier molecular flexibility index (Phi) is 5.10. The molecular weight excluding hydrogens is 298 g/mol. The second-order valence-electron chi connectivity index (χ2n) is 6.02. The number of thiophene rings is 1. The van der Waals surface area contributed by atoms with Crippen LogP contribution < -0.4 is 10.6 Å². The molecule has 0 spiro atoms. The summed E-state index contributed by atoms with van der Waals surface area (Å²) in [4.78, 5) is 27.7. The van der Waals surface area contributed by atoms with Crippen molar-refractivity contribution in [3.63, 3.8) is 0 Å². The SMILES string of the molecule is O=C(NC1CCNCC1)C1CCCCN1C(=O)c1cccs1. The van der Waals surface area contributed by atoms with Gasteiger partial charge in [-0.25, -0.2) is 0 Å². The van der Waals surface area contributed by atoms with Gasteiger partial charge >= 0.3 is 0 Å². The average Bonchev–Trinajstić information content (AvgIpc) is 3.09. The third-order valence-corrected chi connectivity index (χ3v) is 5.34. The number of piperidine rings is 2. The van der Waals surface area contributed by atoms with E-state index >= 15 is 0 Å². The van der Waals surface area contributed by atoms with Crippen molar-refractivity contribution >= 4 is 23.2 Å². The van der Waals surface area contributed by atoms with Crippen molar-refractivity contribution in [2.75, 3.05) is 19.6 Å². The summed E-state index contributed by atoms with van der Waals surface area (Å²) in [6.07, 6.45) is 4.70. The first kappa shape index (κ1) is 15.5. The summed E-state index contributed by atoms with van der Waals surface area (Å²) in [5, 5.41) is 8.35. The number of hydrogen-bond acceptors (Lipinski definition) is 4. The lowest BCUT2D eigenvalue weighted by molar-refractivity contribution is -0.127. The van der Waals surface area contributed by atoms with Crippen LogP contribution in [0.5, 0.6) is 0 Å². The van der Waals surface area contributed by atoms with Crippen molar-refractivity contribution in [2.45, 2.75) is 44.2 Å². The Bertz CT molecular complexity index is 511. The molecule has 1 aromatic rings. The van der Waals surface area contributed by atoms with Crippen LogP contribution in [0.4, 0.5) is 0 Å². The zero-order chi connectivity index (χ0) is 15.4. The van der Waals surface area contributed by atoms with Crippen LogP contribution in [0.25, 0.3) is 0 Å². The zero-order valence-electron chi connectivity index (χ0n) is 12.7. The Labute approximate surface area is 135 Å². The van der Waals surface area contributed by atoms with Gasteiger partial charge in [-0.2, -0.15) is 0 Å². The van der Waals surface area contributed by atoms with E-state index in [1.165, 1.54) is 11.3 Å². The van der Waals surface area contributed by atoms with Gasteiger partial charge in [0.05, 0.1) is 4.88 Å². The van der Waals surface area contributed by atoms with Crippen molar-refractivity contribution in [1.82, 2.24) is 15.5 Å². The molecule has 3 rings (SSSR count). The van der Waals surface area contributed by atoms with Crippen molar-refractivity contribution in [3.05, 3.63) is 22.4 Å². The molecule has 1 atom stereocenters. The van der Waals surface area contributed by atoms with Crippen LogP contribution in [0.2, 0.25) is 0 Å². The fourth-order valence-corrected chi connectivity index (χ4v) is 3.93. The summed E-state index contributed by atoms with van der Waals surface area (Å²) in [7, 11) is 0. The molecule has 0 radical (unpaired) electrons. The molecule has 2 fully saturated rings. The highest BCUT2D eigenvalue weighted by Crippen LogP contribution is 2.22. The largest absolute Gasteiger partial charge is 0.351 e. The number of nitrogens with one attached hydrogen (secondary N) is 2. The molecule has 1 unspecified atom stereocenters. The minimum Gasteiger partial charge on any atom is -0.351 e. The van der Waals surface area contributed by atoms with Crippen LogP contribution in [-0.2, 0) is 4.79 Å². The molecule has 2 aliphatic rings. The van der Waals surface area contributed by atoms with Crippen LogP contribution in [0.1, 0.15) is 41.8 Å². The molecule has 6 heteroatoms. The van der Waals surface area contributed by atoms with E-state index in [2.05, 4.69) is 10.6 Å². The van der Waals surface area contributed by atoms with Crippen LogP contribution in [0.15, 0.2) is 17.5 Å². The molecule has 2 saturated heterocycles. The van der Waals surface area contributed by atoms with Gasteiger partial charge in [0.2, 0.25) is 5.91 Å². The summed E-state index contributed by atoms with van der Waals surface area (Å²) >= 11 is 1.44. The Morgan fingerprint density at radius 3 is 2.77 bits per heavy atom. The first-order chi connectivity index (χ1) is 10.8. The summed E-state index contributed by atoms with van der Waals surface area (Å²) in [5.74, 6) is 0.0247. The van der Waals surface area contributed by atoms with E-state index in [0.717, 1.165) is 50.1 Å². The molecule has 0 saturated carbocycles. The first-order valence-corrected chi connectivity index (χ1v) is 8.99. The number of amides is 2. The third-order valence-electron chi connectivity index (χ3n) is 4.48. The molecule has 2 N–H and O–H groups in total. The van der Waals surface area contributed by atoms with Crippen LogP contribution >= 0.6 is 11.3 Å². The van der Waals surface area contributed by atoms with Crippen molar-refractivity contribution in [2.24, 2.45) is 0 Å². The van der Waals surface area contributed by atoms with Gasteiger partial charge in [0.25, 0.3) is 5.91 Å². The van der Waals surface area contributed by atoms with Crippen molar-refractivity contribution in [3.8, 4) is 0 Å². The fraction of sp³-hybridized carbons (Fsp3) is 0.625. The fourth-order valence-electron chi connectivity index (χ4n) is 3.25. The van der Waals surface area contributed by atoms with Gasteiger partial charge in [0.15, 0.2) is 0 Å². The predicted molar refractivity (Wildman–Crippen MR) is 87.0 cm³/mol. The standard InChI is InChI=1S/C16H23N3O2S/c20-15(18-12-6-8-17-9-7-12)13-4-1-2-10-19(13)16(21)14-5-3-11-22-14/h3,5,11-13,17H,1-2,4,6-10H2,(H,18,20). The molecule has 0 bridgehead atoms. The number of carbonyl (C=O) groups is 2. The lowest BCUT2D eigenvalue weighted by Gasteiger charge is -2.36. The van der Waals surface area contributed by atoms with Gasteiger partial charge in [-0.15, -0.1) is 11.3 Å². The van der Waals surface area contributed by atoms with Gasteiger partial charge in [-0.3, -0.25) is 9.59 Å². The molecule has 1 aromatic heterocycles. The Balaban J connectivity index is 1.66. The molecule has 2 amide bonds. The minimum atomic E-state index is -0.307. The Hall–Kier alpha value is -1.40.